The fourth-order valence-corrected chi connectivity index (χ4v) is 1.92. The van der Waals surface area contributed by atoms with Crippen LogP contribution in [0.2, 0.25) is 0 Å². The molecular formula is C14H14O3. The highest BCUT2D eigenvalue weighted by Gasteiger charge is 2.23. The van der Waals surface area contributed by atoms with E-state index in [0.29, 0.717) is 6.61 Å². The molecule has 1 saturated heterocycles. The fourth-order valence-electron chi connectivity index (χ4n) is 1.92. The summed E-state index contributed by atoms with van der Waals surface area (Å²) in [7, 11) is 0. The van der Waals surface area contributed by atoms with Gasteiger partial charge in [0.1, 0.15) is 18.5 Å². The Kier molecular flexibility index (Phi) is 2.71. The van der Waals surface area contributed by atoms with Gasteiger partial charge in [-0.15, -0.1) is 0 Å². The first kappa shape index (κ1) is 10.6. The molecule has 0 saturated carbocycles. The van der Waals surface area contributed by atoms with E-state index in [9.17, 15) is 5.11 Å². The molecule has 0 aliphatic carbocycles. The molecule has 2 aromatic rings. The summed E-state index contributed by atoms with van der Waals surface area (Å²) in [6.07, 6.45) is 0.223. The van der Waals surface area contributed by atoms with E-state index in [1.807, 2.05) is 36.4 Å². The highest BCUT2D eigenvalue weighted by Crippen LogP contribution is 2.30. The lowest BCUT2D eigenvalue weighted by Gasteiger charge is -2.12. The van der Waals surface area contributed by atoms with Crippen LogP contribution in [0, 0.1) is 0 Å². The Labute approximate surface area is 99.6 Å². The van der Waals surface area contributed by atoms with Gasteiger partial charge in [-0.2, -0.15) is 0 Å². The molecule has 88 valence electrons. The number of aliphatic hydroxyl groups is 1. The minimum absolute atomic E-state index is 0.00824. The molecule has 0 bridgehead atoms. The second-order valence-electron chi connectivity index (χ2n) is 4.20. The molecule has 3 nitrogen and oxygen atoms in total. The van der Waals surface area contributed by atoms with Crippen LogP contribution in [0.5, 0.6) is 5.75 Å². The van der Waals surface area contributed by atoms with Crippen LogP contribution in [0.3, 0.4) is 0 Å². The summed E-state index contributed by atoms with van der Waals surface area (Å²) in [5.74, 6) is 0.779. The third kappa shape index (κ3) is 2.12. The monoisotopic (exact) mass is 230 g/mol. The normalized spacial score (nSPS) is 18.3. The van der Waals surface area contributed by atoms with Gasteiger partial charge in [0.2, 0.25) is 0 Å². The molecule has 1 unspecified atom stereocenters. The quantitative estimate of drug-likeness (QED) is 0.818. The van der Waals surface area contributed by atoms with Gasteiger partial charge >= 0.3 is 0 Å². The second-order valence-corrected chi connectivity index (χ2v) is 4.20. The molecular weight excluding hydrogens is 216 g/mol. The van der Waals surface area contributed by atoms with Gasteiger partial charge in [-0.25, -0.2) is 0 Å². The number of rotatable bonds is 4. The van der Waals surface area contributed by atoms with E-state index in [1.165, 1.54) is 0 Å². The van der Waals surface area contributed by atoms with Crippen molar-refractivity contribution >= 4 is 10.8 Å². The molecule has 1 aliphatic heterocycles. The molecule has 0 aromatic heterocycles. The van der Waals surface area contributed by atoms with Crippen molar-refractivity contribution in [2.24, 2.45) is 0 Å². The van der Waals surface area contributed by atoms with E-state index in [4.69, 9.17) is 9.47 Å². The fraction of sp³-hybridized carbons (Fsp3) is 0.286. The Morgan fingerprint density at radius 3 is 2.82 bits per heavy atom. The van der Waals surface area contributed by atoms with Gasteiger partial charge in [0, 0.05) is 10.9 Å². The van der Waals surface area contributed by atoms with Gasteiger partial charge in [0.05, 0.1) is 13.2 Å². The lowest BCUT2D eigenvalue weighted by molar-refractivity contribution is 0.245. The predicted octanol–water partition coefficient (Wildman–Crippen LogP) is 2.11. The topological polar surface area (TPSA) is 42.0 Å². The Balaban J connectivity index is 2.02. The summed E-state index contributed by atoms with van der Waals surface area (Å²) in [6.45, 7) is 1.33. The molecule has 1 N–H and O–H groups in total. The Morgan fingerprint density at radius 1 is 1.24 bits per heavy atom. The van der Waals surface area contributed by atoms with E-state index < -0.39 is 0 Å². The molecule has 0 radical (unpaired) electrons. The highest BCUT2D eigenvalue weighted by atomic mass is 16.6. The third-order valence-corrected chi connectivity index (χ3v) is 2.95. The van der Waals surface area contributed by atoms with Crippen LogP contribution >= 0.6 is 0 Å². The minimum Gasteiger partial charge on any atom is -0.490 e. The van der Waals surface area contributed by atoms with Crippen LogP contribution in [0.15, 0.2) is 36.4 Å². The Hall–Kier alpha value is -1.58. The van der Waals surface area contributed by atoms with E-state index >= 15 is 0 Å². The molecule has 0 amide bonds. The van der Waals surface area contributed by atoms with Crippen LogP contribution < -0.4 is 4.74 Å². The van der Waals surface area contributed by atoms with Gasteiger partial charge in [-0.1, -0.05) is 36.4 Å². The lowest BCUT2D eigenvalue weighted by atomic mass is 10.1. The van der Waals surface area contributed by atoms with Crippen LogP contribution in [0.25, 0.3) is 10.8 Å². The number of epoxide rings is 1. The van der Waals surface area contributed by atoms with E-state index in [1.54, 1.807) is 0 Å². The summed E-state index contributed by atoms with van der Waals surface area (Å²) in [4.78, 5) is 0. The van der Waals surface area contributed by atoms with Crippen molar-refractivity contribution < 1.29 is 14.6 Å². The average Bonchev–Trinajstić information content (AvgIpc) is 3.19. The Bertz CT molecular complexity index is 532. The van der Waals surface area contributed by atoms with Gasteiger partial charge in [0.25, 0.3) is 0 Å². The van der Waals surface area contributed by atoms with Gasteiger partial charge in [-0.3, -0.25) is 0 Å². The van der Waals surface area contributed by atoms with Gasteiger partial charge in [0.15, 0.2) is 0 Å². The second kappa shape index (κ2) is 4.35. The van der Waals surface area contributed by atoms with Crippen molar-refractivity contribution in [1.29, 1.82) is 0 Å². The maximum Gasteiger partial charge on any atom is 0.132 e. The standard InChI is InChI=1S/C14H14O3/c15-7-11-6-5-10-3-1-2-4-13(10)14(11)17-9-12-8-16-12/h1-6,12,15H,7-9H2. The summed E-state index contributed by atoms with van der Waals surface area (Å²) in [6, 6.07) is 11.9. The van der Waals surface area contributed by atoms with E-state index in [2.05, 4.69) is 0 Å². The van der Waals surface area contributed by atoms with E-state index in [0.717, 1.165) is 28.7 Å². The molecule has 1 atom stereocenters. The average molecular weight is 230 g/mol. The molecule has 1 heterocycles. The van der Waals surface area contributed by atoms with E-state index in [-0.39, 0.29) is 12.7 Å². The number of ether oxygens (including phenoxy) is 2. The lowest BCUT2D eigenvalue weighted by Crippen LogP contribution is -2.06. The minimum atomic E-state index is -0.00824. The Morgan fingerprint density at radius 2 is 2.06 bits per heavy atom. The summed E-state index contributed by atoms with van der Waals surface area (Å²) >= 11 is 0. The first-order valence-corrected chi connectivity index (χ1v) is 5.74. The van der Waals surface area contributed by atoms with Crippen molar-refractivity contribution in [2.75, 3.05) is 13.2 Å². The van der Waals surface area contributed by atoms with Crippen LogP contribution in [0.1, 0.15) is 5.56 Å². The number of aliphatic hydroxyl groups excluding tert-OH is 1. The van der Waals surface area contributed by atoms with Crippen molar-refractivity contribution in [1.82, 2.24) is 0 Å². The summed E-state index contributed by atoms with van der Waals surface area (Å²) < 4.78 is 10.9. The molecule has 2 aromatic carbocycles. The van der Waals surface area contributed by atoms with Gasteiger partial charge < -0.3 is 14.6 Å². The number of hydrogen-bond donors (Lipinski definition) is 1. The molecule has 1 aliphatic rings. The maximum absolute atomic E-state index is 9.35. The molecule has 3 heteroatoms. The van der Waals surface area contributed by atoms with Crippen molar-refractivity contribution in [3.63, 3.8) is 0 Å². The SMILES string of the molecule is OCc1ccc2ccccc2c1OCC1CO1. The zero-order valence-electron chi connectivity index (χ0n) is 9.43. The first-order valence-electron chi connectivity index (χ1n) is 5.74. The smallest absolute Gasteiger partial charge is 0.132 e. The first-order chi connectivity index (χ1) is 8.38. The molecule has 1 fully saturated rings. The maximum atomic E-state index is 9.35. The van der Waals surface area contributed by atoms with Crippen LogP contribution in [0.4, 0.5) is 0 Å². The zero-order chi connectivity index (χ0) is 11.7. The van der Waals surface area contributed by atoms with Crippen LogP contribution in [-0.4, -0.2) is 24.4 Å². The third-order valence-electron chi connectivity index (χ3n) is 2.95. The van der Waals surface area contributed by atoms with Crippen molar-refractivity contribution in [2.45, 2.75) is 12.7 Å². The number of hydrogen-bond acceptors (Lipinski definition) is 3. The largest absolute Gasteiger partial charge is 0.490 e. The van der Waals surface area contributed by atoms with Gasteiger partial charge in [-0.05, 0) is 5.39 Å². The zero-order valence-corrected chi connectivity index (χ0v) is 9.43. The number of benzene rings is 2. The van der Waals surface area contributed by atoms with Crippen molar-refractivity contribution in [3.8, 4) is 5.75 Å². The number of fused-ring (bicyclic) bond motifs is 1. The molecule has 17 heavy (non-hydrogen) atoms. The van der Waals surface area contributed by atoms with Crippen LogP contribution in [-0.2, 0) is 11.3 Å². The highest BCUT2D eigenvalue weighted by molar-refractivity contribution is 5.89. The van der Waals surface area contributed by atoms with Crippen molar-refractivity contribution in [3.05, 3.63) is 42.0 Å². The molecule has 3 rings (SSSR count). The summed E-state index contributed by atoms with van der Waals surface area (Å²) in [5.41, 5.74) is 0.823. The molecule has 0 spiro atoms. The predicted molar refractivity (Wildman–Crippen MR) is 65.1 cm³/mol. The summed E-state index contributed by atoms with van der Waals surface area (Å²) in [5, 5.41) is 11.5.